The van der Waals surface area contributed by atoms with Gasteiger partial charge in [-0.25, -0.2) is 0 Å². The van der Waals surface area contributed by atoms with Gasteiger partial charge in [0.25, 0.3) is 5.56 Å². The Bertz CT molecular complexity index is 780. The lowest BCUT2D eigenvalue weighted by molar-refractivity contribution is 1.28. The first kappa shape index (κ1) is 11.5. The van der Waals surface area contributed by atoms with Crippen LogP contribution in [0.25, 0.3) is 22.9 Å². The SMILES string of the molecule is O=c1[nH]ccc2cccc(/C=C/c3ccccc3)c12. The fraction of sp³-hybridized carbons (Fsp3) is 0. The molecule has 0 aliphatic heterocycles. The van der Waals surface area contributed by atoms with E-state index in [4.69, 9.17) is 0 Å². The van der Waals surface area contributed by atoms with Gasteiger partial charge in [-0.05, 0) is 22.6 Å². The molecule has 1 heterocycles. The van der Waals surface area contributed by atoms with E-state index < -0.39 is 0 Å². The number of aromatic nitrogens is 1. The van der Waals surface area contributed by atoms with E-state index in [0.717, 1.165) is 21.9 Å². The number of aromatic amines is 1. The van der Waals surface area contributed by atoms with Crippen LogP contribution in [0.2, 0.25) is 0 Å². The zero-order valence-electron chi connectivity index (χ0n) is 10.3. The molecule has 2 heteroatoms. The molecule has 0 bridgehead atoms. The van der Waals surface area contributed by atoms with Crippen LogP contribution in [0.1, 0.15) is 11.1 Å². The number of fused-ring (bicyclic) bond motifs is 1. The number of hydrogen-bond donors (Lipinski definition) is 1. The summed E-state index contributed by atoms with van der Waals surface area (Å²) in [6.07, 6.45) is 5.67. The third kappa shape index (κ3) is 2.33. The first-order valence-corrected chi connectivity index (χ1v) is 6.18. The molecule has 2 nitrogen and oxygen atoms in total. The molecule has 92 valence electrons. The normalized spacial score (nSPS) is 11.2. The predicted molar refractivity (Wildman–Crippen MR) is 79.9 cm³/mol. The van der Waals surface area contributed by atoms with Crippen LogP contribution in [-0.2, 0) is 0 Å². The summed E-state index contributed by atoms with van der Waals surface area (Å²) in [5.74, 6) is 0. The maximum absolute atomic E-state index is 11.9. The second-order valence-corrected chi connectivity index (χ2v) is 4.36. The molecular formula is C17H13NO. The van der Waals surface area contributed by atoms with Gasteiger partial charge in [-0.1, -0.05) is 60.7 Å². The van der Waals surface area contributed by atoms with Gasteiger partial charge in [-0.3, -0.25) is 4.79 Å². The molecule has 0 atom stereocenters. The molecule has 19 heavy (non-hydrogen) atoms. The van der Waals surface area contributed by atoms with E-state index in [1.54, 1.807) is 6.20 Å². The number of pyridine rings is 1. The molecule has 2 aromatic carbocycles. The summed E-state index contributed by atoms with van der Waals surface area (Å²) in [6.45, 7) is 0. The molecule has 0 amide bonds. The Morgan fingerprint density at radius 3 is 2.53 bits per heavy atom. The van der Waals surface area contributed by atoms with E-state index in [1.807, 2.05) is 66.7 Å². The van der Waals surface area contributed by atoms with E-state index in [0.29, 0.717) is 0 Å². The van der Waals surface area contributed by atoms with Crippen LogP contribution in [-0.4, -0.2) is 4.98 Å². The highest BCUT2D eigenvalue weighted by molar-refractivity contribution is 5.92. The minimum absolute atomic E-state index is 0.0502. The average molecular weight is 247 g/mol. The van der Waals surface area contributed by atoms with E-state index in [-0.39, 0.29) is 5.56 Å². The molecule has 1 aromatic heterocycles. The van der Waals surface area contributed by atoms with Crippen molar-refractivity contribution in [2.45, 2.75) is 0 Å². The van der Waals surface area contributed by atoms with Crippen molar-refractivity contribution in [3.63, 3.8) is 0 Å². The zero-order valence-corrected chi connectivity index (χ0v) is 10.3. The molecule has 0 saturated heterocycles. The monoisotopic (exact) mass is 247 g/mol. The second-order valence-electron chi connectivity index (χ2n) is 4.36. The van der Waals surface area contributed by atoms with Crippen molar-refractivity contribution < 1.29 is 0 Å². The van der Waals surface area contributed by atoms with Crippen LogP contribution < -0.4 is 5.56 Å². The molecule has 0 aliphatic carbocycles. The summed E-state index contributed by atoms with van der Waals surface area (Å²) in [7, 11) is 0. The number of H-pyrrole nitrogens is 1. The Labute approximate surface area is 111 Å². The number of hydrogen-bond acceptors (Lipinski definition) is 1. The highest BCUT2D eigenvalue weighted by atomic mass is 16.1. The fourth-order valence-corrected chi connectivity index (χ4v) is 2.16. The molecule has 0 spiro atoms. The maximum Gasteiger partial charge on any atom is 0.256 e. The number of rotatable bonds is 2. The van der Waals surface area contributed by atoms with Crippen molar-refractivity contribution in [2.75, 3.05) is 0 Å². The Kier molecular flexibility index (Phi) is 2.99. The van der Waals surface area contributed by atoms with E-state index >= 15 is 0 Å². The Morgan fingerprint density at radius 2 is 1.68 bits per heavy atom. The van der Waals surface area contributed by atoms with E-state index in [1.165, 1.54) is 0 Å². The lowest BCUT2D eigenvalue weighted by Gasteiger charge is -2.00. The van der Waals surface area contributed by atoms with Gasteiger partial charge >= 0.3 is 0 Å². The summed E-state index contributed by atoms with van der Waals surface area (Å²) >= 11 is 0. The van der Waals surface area contributed by atoms with Crippen LogP contribution >= 0.6 is 0 Å². The van der Waals surface area contributed by atoms with Crippen LogP contribution in [0.4, 0.5) is 0 Å². The quantitative estimate of drug-likeness (QED) is 0.688. The van der Waals surface area contributed by atoms with Gasteiger partial charge in [0.15, 0.2) is 0 Å². The maximum atomic E-state index is 11.9. The fourth-order valence-electron chi connectivity index (χ4n) is 2.16. The lowest BCUT2D eigenvalue weighted by atomic mass is 10.1. The highest BCUT2D eigenvalue weighted by Crippen LogP contribution is 2.16. The van der Waals surface area contributed by atoms with Crippen molar-refractivity contribution in [3.05, 3.63) is 82.3 Å². The molecule has 1 N–H and O–H groups in total. The minimum Gasteiger partial charge on any atom is -0.329 e. The van der Waals surface area contributed by atoms with Crippen LogP contribution in [0, 0.1) is 0 Å². The van der Waals surface area contributed by atoms with Gasteiger partial charge in [0.05, 0.1) is 5.39 Å². The largest absolute Gasteiger partial charge is 0.329 e. The Morgan fingerprint density at radius 1 is 0.842 bits per heavy atom. The number of nitrogens with one attached hydrogen (secondary N) is 1. The Balaban J connectivity index is 2.11. The highest BCUT2D eigenvalue weighted by Gasteiger charge is 2.01. The zero-order chi connectivity index (χ0) is 13.1. The standard InChI is InChI=1S/C17H13NO/c19-17-16-14(7-4-8-15(16)11-12-18-17)10-9-13-5-2-1-3-6-13/h1-12H,(H,18,19)/b10-9+. The van der Waals surface area contributed by atoms with Crippen LogP contribution in [0.15, 0.2) is 65.6 Å². The van der Waals surface area contributed by atoms with Crippen molar-refractivity contribution in [3.8, 4) is 0 Å². The van der Waals surface area contributed by atoms with Gasteiger partial charge in [0.2, 0.25) is 0 Å². The predicted octanol–water partition coefficient (Wildman–Crippen LogP) is 3.70. The first-order chi connectivity index (χ1) is 9.34. The molecule has 0 saturated carbocycles. The summed E-state index contributed by atoms with van der Waals surface area (Å²) in [5.41, 5.74) is 2.00. The summed E-state index contributed by atoms with van der Waals surface area (Å²) in [4.78, 5) is 14.6. The third-order valence-electron chi connectivity index (χ3n) is 3.09. The molecule has 0 unspecified atom stereocenters. The van der Waals surface area contributed by atoms with Gasteiger partial charge in [-0.2, -0.15) is 0 Å². The van der Waals surface area contributed by atoms with Crippen molar-refractivity contribution in [1.29, 1.82) is 0 Å². The molecule has 0 aliphatic rings. The summed E-state index contributed by atoms with van der Waals surface area (Å²) in [5, 5.41) is 1.69. The molecule has 0 fully saturated rings. The van der Waals surface area contributed by atoms with E-state index in [9.17, 15) is 4.79 Å². The third-order valence-corrected chi connectivity index (χ3v) is 3.09. The summed E-state index contributed by atoms with van der Waals surface area (Å²) in [6, 6.07) is 17.8. The van der Waals surface area contributed by atoms with E-state index in [2.05, 4.69) is 4.98 Å². The minimum atomic E-state index is -0.0502. The van der Waals surface area contributed by atoms with Crippen molar-refractivity contribution in [2.24, 2.45) is 0 Å². The first-order valence-electron chi connectivity index (χ1n) is 6.18. The van der Waals surface area contributed by atoms with Gasteiger partial charge in [0.1, 0.15) is 0 Å². The summed E-state index contributed by atoms with van der Waals surface area (Å²) < 4.78 is 0. The Hall–Kier alpha value is -2.61. The molecule has 3 rings (SSSR count). The van der Waals surface area contributed by atoms with Crippen LogP contribution in [0.3, 0.4) is 0 Å². The van der Waals surface area contributed by atoms with Crippen molar-refractivity contribution in [1.82, 2.24) is 4.98 Å². The molecule has 0 radical (unpaired) electrons. The van der Waals surface area contributed by atoms with Crippen molar-refractivity contribution >= 4 is 22.9 Å². The molecular weight excluding hydrogens is 234 g/mol. The number of benzene rings is 2. The van der Waals surface area contributed by atoms with Gasteiger partial charge < -0.3 is 4.98 Å². The van der Waals surface area contributed by atoms with Gasteiger partial charge in [0, 0.05) is 6.20 Å². The van der Waals surface area contributed by atoms with Crippen LogP contribution in [0.5, 0.6) is 0 Å². The second kappa shape index (κ2) is 4.94. The van der Waals surface area contributed by atoms with Gasteiger partial charge in [-0.15, -0.1) is 0 Å². The molecule has 3 aromatic rings. The average Bonchev–Trinajstić information content (AvgIpc) is 2.46. The smallest absolute Gasteiger partial charge is 0.256 e. The lowest BCUT2D eigenvalue weighted by Crippen LogP contribution is -2.05. The topological polar surface area (TPSA) is 32.9 Å².